The third-order valence-electron chi connectivity index (χ3n) is 1.38. The van der Waals surface area contributed by atoms with Crippen molar-refractivity contribution in [1.82, 2.24) is 0 Å². The minimum atomic E-state index is -1.00. The van der Waals surface area contributed by atoms with E-state index in [0.717, 1.165) is 0 Å². The summed E-state index contributed by atoms with van der Waals surface area (Å²) in [4.78, 5) is 20.3. The number of hydrogen-bond acceptors (Lipinski definition) is 2. The second-order valence-corrected chi connectivity index (χ2v) is 5.17. The van der Waals surface area contributed by atoms with Crippen molar-refractivity contribution < 1.29 is 20.5 Å². The zero-order valence-electron chi connectivity index (χ0n) is 11.9. The molecule has 0 aliphatic rings. The molecule has 4 nitrogen and oxygen atoms in total. The van der Waals surface area contributed by atoms with Crippen LogP contribution in [0.2, 0.25) is 0 Å². The third-order valence-corrected chi connectivity index (χ3v) is 1.38. The van der Waals surface area contributed by atoms with E-state index in [2.05, 4.69) is 0 Å². The van der Waals surface area contributed by atoms with Gasteiger partial charge in [-0.3, -0.25) is 14.0 Å². The first-order valence-electron chi connectivity index (χ1n) is 5.39. The van der Waals surface area contributed by atoms with Gasteiger partial charge < -0.3 is 10.8 Å². The van der Waals surface area contributed by atoms with Crippen LogP contribution in [0, 0.1) is 10.8 Å². The van der Waals surface area contributed by atoms with Crippen LogP contribution >= 0.6 is 0 Å². The highest BCUT2D eigenvalue weighted by molar-refractivity contribution is 5.79. The van der Waals surface area contributed by atoms with E-state index in [1.807, 2.05) is 0 Å². The Balaban J connectivity index is -0.000000188. The molecule has 0 aromatic carbocycles. The number of carboxylic acids is 1. The fourth-order valence-electron chi connectivity index (χ4n) is 0. The van der Waals surface area contributed by atoms with Crippen molar-refractivity contribution in [3.63, 3.8) is 0 Å². The number of carboxylic acid groups (broad SMARTS) is 1. The first-order chi connectivity index (χ1) is 7.30. The highest BCUT2D eigenvalue weighted by atomic mass is 19.1. The number of carbonyl (C=O) groups excluding carboxylic acids is 1. The predicted octanol–water partition coefficient (Wildman–Crippen LogP) is 2.22. The van der Waals surface area contributed by atoms with Crippen molar-refractivity contribution in [3.8, 4) is 0 Å². The lowest BCUT2D eigenvalue weighted by atomic mass is 9.96. The fourth-order valence-corrected chi connectivity index (χ4v) is 0. The summed E-state index contributed by atoms with van der Waals surface area (Å²) in [5.41, 5.74) is 3.99. The maximum Gasteiger partial charge on any atom is 0.308 e. The minimum absolute atomic E-state index is 0.257. The summed E-state index contributed by atoms with van der Waals surface area (Å²) in [5.74, 6) is -1.01. The maximum atomic E-state index is 10.2. The van der Waals surface area contributed by atoms with Crippen LogP contribution < -0.4 is 5.73 Å². The lowest BCUT2D eigenvalue weighted by Crippen LogP contribution is -2.27. The Morgan fingerprint density at radius 3 is 1.25 bits per heavy atom. The Kier molecular flexibility index (Phi) is 8.71. The third kappa shape index (κ3) is 15.3. The zero-order chi connectivity index (χ0) is 14.9. The van der Waals surface area contributed by atoms with Crippen molar-refractivity contribution in [2.24, 2.45) is 16.6 Å². The van der Waals surface area contributed by atoms with E-state index in [1.54, 1.807) is 41.5 Å². The molecule has 0 aliphatic heterocycles. The molecule has 0 atom stereocenters. The van der Waals surface area contributed by atoms with Crippen LogP contribution in [0.4, 0.5) is 4.39 Å². The number of nitrogens with two attached hydrogens (primary N) is 1. The molecule has 0 aromatic heterocycles. The molecule has 1 amide bonds. The number of alkyl halides is 1. The second-order valence-electron chi connectivity index (χ2n) is 5.17. The van der Waals surface area contributed by atoms with Crippen LogP contribution in [0.5, 0.6) is 0 Å². The van der Waals surface area contributed by atoms with Gasteiger partial charge in [-0.25, -0.2) is 0 Å². The average Bonchev–Trinajstić information content (AvgIpc) is 2.02. The van der Waals surface area contributed by atoms with Crippen molar-refractivity contribution in [2.75, 3.05) is 7.15 Å². The number of rotatable bonds is 0. The molecule has 0 unspecified atom stereocenters. The number of primary amides is 1. The molecule has 0 radical (unpaired) electrons. The number of halogens is 1. The van der Waals surface area contributed by atoms with E-state index < -0.39 is 18.5 Å². The van der Waals surface area contributed by atoms with Crippen LogP contribution in [-0.4, -0.2) is 24.1 Å². The van der Waals surface area contributed by atoms with Gasteiger partial charge in [0.15, 0.2) is 0 Å². The van der Waals surface area contributed by atoms with Crippen molar-refractivity contribution in [3.05, 3.63) is 0 Å². The Morgan fingerprint density at radius 1 is 1.12 bits per heavy atom. The second kappa shape index (κ2) is 8.07. The summed E-state index contributed by atoms with van der Waals surface area (Å²) in [7, 11) is -1.00. The Labute approximate surface area is 98.4 Å². The molecule has 16 heavy (non-hydrogen) atoms. The van der Waals surface area contributed by atoms with Gasteiger partial charge in [0, 0.05) is 5.41 Å². The van der Waals surface area contributed by atoms with Crippen LogP contribution in [0.3, 0.4) is 0 Å². The van der Waals surface area contributed by atoms with Crippen molar-refractivity contribution >= 4 is 11.9 Å². The van der Waals surface area contributed by atoms with Crippen LogP contribution in [0.1, 0.15) is 42.9 Å². The standard InChI is InChI=1S/C5H11NO.C5H10O2.CH3F/c2*1-5(2,3)4(6)7;1-2/h1-3H3,(H2,6,7);1-3H3,(H,6,7);1H3/i;;1D. The highest BCUT2D eigenvalue weighted by Crippen LogP contribution is 2.11. The molecule has 0 aromatic rings. The smallest absolute Gasteiger partial charge is 0.308 e. The highest BCUT2D eigenvalue weighted by Gasteiger charge is 2.18. The van der Waals surface area contributed by atoms with Gasteiger partial charge in [-0.2, -0.15) is 0 Å². The van der Waals surface area contributed by atoms with E-state index in [0.29, 0.717) is 0 Å². The van der Waals surface area contributed by atoms with Gasteiger partial charge in [0.1, 0.15) is 0 Å². The molecule has 0 heterocycles. The van der Waals surface area contributed by atoms with Gasteiger partial charge in [-0.1, -0.05) is 20.8 Å². The number of hydrogen-bond donors (Lipinski definition) is 2. The van der Waals surface area contributed by atoms with E-state index in [-0.39, 0.29) is 11.3 Å². The van der Waals surface area contributed by atoms with Gasteiger partial charge in [-0.15, -0.1) is 0 Å². The van der Waals surface area contributed by atoms with Gasteiger partial charge in [-0.05, 0) is 20.8 Å². The normalized spacial score (nSPS) is 11.1. The first kappa shape index (κ1) is 17.3. The molecule has 98 valence electrons. The summed E-state index contributed by atoms with van der Waals surface area (Å²) in [6.07, 6.45) is 0. The van der Waals surface area contributed by atoms with Crippen LogP contribution in [-0.2, 0) is 9.59 Å². The van der Waals surface area contributed by atoms with Crippen LogP contribution in [0.15, 0.2) is 0 Å². The number of carbonyl (C=O) groups is 2. The van der Waals surface area contributed by atoms with Crippen molar-refractivity contribution in [2.45, 2.75) is 41.5 Å². The van der Waals surface area contributed by atoms with Gasteiger partial charge >= 0.3 is 5.97 Å². The monoisotopic (exact) mass is 238 g/mol. The Bertz CT molecular complexity index is 208. The lowest BCUT2D eigenvalue weighted by Gasteiger charge is -2.10. The maximum absolute atomic E-state index is 10.2. The van der Waals surface area contributed by atoms with Crippen LogP contribution in [0.25, 0.3) is 0 Å². The quantitative estimate of drug-likeness (QED) is 0.679. The molecule has 0 spiro atoms. The first-order valence-corrected chi connectivity index (χ1v) is 4.69. The minimum Gasteiger partial charge on any atom is -0.481 e. The molecule has 0 saturated carbocycles. The van der Waals surface area contributed by atoms with E-state index >= 15 is 0 Å². The Morgan fingerprint density at radius 2 is 1.25 bits per heavy atom. The summed E-state index contributed by atoms with van der Waals surface area (Å²) >= 11 is 0. The summed E-state index contributed by atoms with van der Waals surface area (Å²) in [6, 6.07) is 0. The molecule has 5 heteroatoms. The molecule has 3 N–H and O–H groups in total. The number of amides is 1. The Hall–Kier alpha value is -1.13. The largest absolute Gasteiger partial charge is 0.481 e. The van der Waals surface area contributed by atoms with E-state index in [9.17, 15) is 14.0 Å². The molecular formula is C11H24FNO3. The van der Waals surface area contributed by atoms with Crippen molar-refractivity contribution in [1.29, 1.82) is 0 Å². The van der Waals surface area contributed by atoms with Gasteiger partial charge in [0.2, 0.25) is 5.91 Å². The van der Waals surface area contributed by atoms with E-state index in [1.165, 1.54) is 0 Å². The van der Waals surface area contributed by atoms with Gasteiger partial charge in [0.05, 0.1) is 13.9 Å². The summed E-state index contributed by atoms with van der Waals surface area (Å²) in [6.45, 7) is 10.3. The molecule has 0 aliphatic carbocycles. The van der Waals surface area contributed by atoms with E-state index in [4.69, 9.17) is 12.2 Å². The summed E-state index contributed by atoms with van der Waals surface area (Å²) in [5, 5.41) is 8.25. The lowest BCUT2D eigenvalue weighted by molar-refractivity contribution is -0.145. The summed E-state index contributed by atoms with van der Waals surface area (Å²) < 4.78 is 15.5. The topological polar surface area (TPSA) is 80.4 Å². The molecule has 0 bridgehead atoms. The van der Waals surface area contributed by atoms with Gasteiger partial charge in [0.25, 0.3) is 0 Å². The fraction of sp³-hybridized carbons (Fsp3) is 0.818. The SMILES string of the molecule is CC(C)(C)C(=O)O.CC(C)(C)C(N)=O.[2H]CF. The molecule has 0 saturated heterocycles. The molecule has 0 fully saturated rings. The molecule has 0 rings (SSSR count). The zero-order valence-corrected chi connectivity index (χ0v) is 10.9. The predicted molar refractivity (Wildman–Crippen MR) is 62.8 cm³/mol. The average molecular weight is 238 g/mol. The number of aliphatic carboxylic acids is 1. The molecular weight excluding hydrogens is 213 g/mol.